The Hall–Kier alpha value is -1.12. The predicted molar refractivity (Wildman–Crippen MR) is 41.0 cm³/mol. The molecule has 0 saturated heterocycles. The standard InChI is InChI=1S/C8H12O3/c1-6(2)7(9)4-5-8(10)11-3/h4-6H,1-3H3. The summed E-state index contributed by atoms with van der Waals surface area (Å²) in [6, 6.07) is 0. The lowest BCUT2D eigenvalue weighted by atomic mass is 10.1. The molecule has 0 atom stereocenters. The van der Waals surface area contributed by atoms with Crippen LogP contribution in [0.5, 0.6) is 0 Å². The van der Waals surface area contributed by atoms with Gasteiger partial charge in [0.2, 0.25) is 0 Å². The third-order valence-electron chi connectivity index (χ3n) is 1.15. The zero-order valence-electron chi connectivity index (χ0n) is 6.96. The molecule has 0 N–H and O–H groups in total. The second-order valence-electron chi connectivity index (χ2n) is 2.41. The van der Waals surface area contributed by atoms with E-state index < -0.39 is 5.97 Å². The van der Waals surface area contributed by atoms with E-state index >= 15 is 0 Å². The van der Waals surface area contributed by atoms with E-state index in [0.717, 1.165) is 6.08 Å². The van der Waals surface area contributed by atoms with Gasteiger partial charge in [-0.25, -0.2) is 4.79 Å². The summed E-state index contributed by atoms with van der Waals surface area (Å²) >= 11 is 0. The highest BCUT2D eigenvalue weighted by Gasteiger charge is 2.02. The van der Waals surface area contributed by atoms with Crippen LogP contribution in [0.2, 0.25) is 0 Å². The highest BCUT2D eigenvalue weighted by molar-refractivity contribution is 5.96. The number of carbonyl (C=O) groups excluding carboxylic acids is 2. The molecule has 0 aliphatic heterocycles. The van der Waals surface area contributed by atoms with Gasteiger partial charge in [0.05, 0.1) is 7.11 Å². The minimum atomic E-state index is -0.501. The summed E-state index contributed by atoms with van der Waals surface area (Å²) in [4.78, 5) is 21.3. The van der Waals surface area contributed by atoms with Crippen molar-refractivity contribution in [1.29, 1.82) is 0 Å². The van der Waals surface area contributed by atoms with Gasteiger partial charge in [-0.3, -0.25) is 4.79 Å². The largest absolute Gasteiger partial charge is 0.466 e. The molecule has 0 amide bonds. The Kier molecular flexibility index (Phi) is 4.18. The number of ketones is 1. The lowest BCUT2D eigenvalue weighted by molar-refractivity contribution is -0.135. The number of hydrogen-bond donors (Lipinski definition) is 0. The Morgan fingerprint density at radius 3 is 2.18 bits per heavy atom. The van der Waals surface area contributed by atoms with E-state index in [1.54, 1.807) is 13.8 Å². The number of rotatable bonds is 3. The van der Waals surface area contributed by atoms with Crippen molar-refractivity contribution in [3.05, 3.63) is 12.2 Å². The molecule has 0 unspecified atom stereocenters. The van der Waals surface area contributed by atoms with E-state index in [-0.39, 0.29) is 11.7 Å². The molecule has 0 aromatic rings. The van der Waals surface area contributed by atoms with Crippen LogP contribution in [-0.4, -0.2) is 18.9 Å². The van der Waals surface area contributed by atoms with Crippen molar-refractivity contribution in [3.8, 4) is 0 Å². The molecule has 0 aromatic heterocycles. The molecule has 0 radical (unpaired) electrons. The fourth-order valence-electron chi connectivity index (χ4n) is 0.411. The van der Waals surface area contributed by atoms with Gasteiger partial charge in [0, 0.05) is 12.0 Å². The van der Waals surface area contributed by atoms with Crippen molar-refractivity contribution >= 4 is 11.8 Å². The molecule has 0 aliphatic rings. The summed E-state index contributed by atoms with van der Waals surface area (Å²) in [6.45, 7) is 3.54. The Morgan fingerprint density at radius 1 is 1.27 bits per heavy atom. The summed E-state index contributed by atoms with van der Waals surface area (Å²) in [5.74, 6) is -0.648. The molecular formula is C8H12O3. The number of allylic oxidation sites excluding steroid dienone is 1. The average molecular weight is 156 g/mol. The topological polar surface area (TPSA) is 43.4 Å². The summed E-state index contributed by atoms with van der Waals surface area (Å²) in [7, 11) is 1.27. The predicted octanol–water partition coefficient (Wildman–Crippen LogP) is 0.941. The molecular weight excluding hydrogens is 144 g/mol. The SMILES string of the molecule is COC(=O)C=CC(=O)C(C)C. The molecule has 11 heavy (non-hydrogen) atoms. The summed E-state index contributed by atoms with van der Waals surface area (Å²) in [6.07, 6.45) is 2.36. The van der Waals surface area contributed by atoms with Crippen LogP contribution in [0.15, 0.2) is 12.2 Å². The van der Waals surface area contributed by atoms with Crippen molar-refractivity contribution in [2.24, 2.45) is 5.92 Å². The Balaban J connectivity index is 3.93. The van der Waals surface area contributed by atoms with E-state index in [4.69, 9.17) is 0 Å². The maximum Gasteiger partial charge on any atom is 0.330 e. The van der Waals surface area contributed by atoms with Crippen molar-refractivity contribution in [3.63, 3.8) is 0 Å². The van der Waals surface area contributed by atoms with Crippen LogP contribution in [0.4, 0.5) is 0 Å². The number of methoxy groups -OCH3 is 1. The van der Waals surface area contributed by atoms with Crippen LogP contribution < -0.4 is 0 Å². The minimum absolute atomic E-state index is 0.0732. The van der Waals surface area contributed by atoms with Crippen LogP contribution >= 0.6 is 0 Å². The van der Waals surface area contributed by atoms with Crippen LogP contribution in [0.1, 0.15) is 13.8 Å². The van der Waals surface area contributed by atoms with E-state index in [1.165, 1.54) is 13.2 Å². The van der Waals surface area contributed by atoms with Crippen LogP contribution in [0.25, 0.3) is 0 Å². The maximum atomic E-state index is 10.9. The Bertz CT molecular complexity index is 180. The van der Waals surface area contributed by atoms with Crippen LogP contribution in [0, 0.1) is 5.92 Å². The molecule has 0 spiro atoms. The highest BCUT2D eigenvalue weighted by atomic mass is 16.5. The van der Waals surface area contributed by atoms with E-state index in [2.05, 4.69) is 4.74 Å². The summed E-state index contributed by atoms with van der Waals surface area (Å²) in [5, 5.41) is 0. The normalized spacial score (nSPS) is 10.5. The van der Waals surface area contributed by atoms with Gasteiger partial charge < -0.3 is 4.74 Å². The third-order valence-corrected chi connectivity index (χ3v) is 1.15. The molecule has 3 nitrogen and oxygen atoms in total. The van der Waals surface area contributed by atoms with Crippen LogP contribution in [-0.2, 0) is 14.3 Å². The van der Waals surface area contributed by atoms with Gasteiger partial charge >= 0.3 is 5.97 Å². The van der Waals surface area contributed by atoms with Crippen LogP contribution in [0.3, 0.4) is 0 Å². The quantitative estimate of drug-likeness (QED) is 0.451. The number of hydrogen-bond acceptors (Lipinski definition) is 3. The van der Waals surface area contributed by atoms with E-state index in [1.807, 2.05) is 0 Å². The van der Waals surface area contributed by atoms with Gasteiger partial charge in [-0.1, -0.05) is 13.8 Å². The number of esters is 1. The molecule has 0 aliphatic carbocycles. The molecule has 3 heteroatoms. The lowest BCUT2D eigenvalue weighted by Gasteiger charge is -1.95. The van der Waals surface area contributed by atoms with Crippen molar-refractivity contribution in [2.45, 2.75) is 13.8 Å². The zero-order valence-corrected chi connectivity index (χ0v) is 6.96. The van der Waals surface area contributed by atoms with Gasteiger partial charge in [-0.2, -0.15) is 0 Å². The second-order valence-corrected chi connectivity index (χ2v) is 2.41. The fourth-order valence-corrected chi connectivity index (χ4v) is 0.411. The second kappa shape index (κ2) is 4.66. The third kappa shape index (κ3) is 4.31. The first-order valence-electron chi connectivity index (χ1n) is 3.37. The van der Waals surface area contributed by atoms with Gasteiger partial charge in [-0.15, -0.1) is 0 Å². The van der Waals surface area contributed by atoms with E-state index in [9.17, 15) is 9.59 Å². The minimum Gasteiger partial charge on any atom is -0.466 e. The van der Waals surface area contributed by atoms with Gasteiger partial charge in [0.15, 0.2) is 5.78 Å². The Morgan fingerprint density at radius 2 is 1.82 bits per heavy atom. The van der Waals surface area contributed by atoms with Gasteiger partial charge in [0.25, 0.3) is 0 Å². The van der Waals surface area contributed by atoms with Gasteiger partial charge in [-0.05, 0) is 6.08 Å². The summed E-state index contributed by atoms with van der Waals surface area (Å²) in [5.41, 5.74) is 0. The average Bonchev–Trinajstić information content (AvgIpc) is 1.99. The number of carbonyl (C=O) groups is 2. The van der Waals surface area contributed by atoms with Crippen molar-refractivity contribution < 1.29 is 14.3 Å². The van der Waals surface area contributed by atoms with Crippen molar-refractivity contribution in [2.75, 3.05) is 7.11 Å². The maximum absolute atomic E-state index is 10.9. The molecule has 0 bridgehead atoms. The van der Waals surface area contributed by atoms with Crippen molar-refractivity contribution in [1.82, 2.24) is 0 Å². The smallest absolute Gasteiger partial charge is 0.330 e. The van der Waals surface area contributed by atoms with Gasteiger partial charge in [0.1, 0.15) is 0 Å². The Labute approximate surface area is 66.0 Å². The molecule has 0 fully saturated rings. The monoisotopic (exact) mass is 156 g/mol. The first kappa shape index (κ1) is 9.88. The molecule has 0 aromatic carbocycles. The van der Waals surface area contributed by atoms with E-state index in [0.29, 0.717) is 0 Å². The first-order chi connectivity index (χ1) is 5.07. The molecule has 0 heterocycles. The summed E-state index contributed by atoms with van der Waals surface area (Å²) < 4.78 is 4.30. The lowest BCUT2D eigenvalue weighted by Crippen LogP contribution is -2.04. The fraction of sp³-hybridized carbons (Fsp3) is 0.500. The number of ether oxygens (including phenoxy) is 1. The first-order valence-corrected chi connectivity index (χ1v) is 3.37. The zero-order chi connectivity index (χ0) is 8.85. The molecule has 0 saturated carbocycles. The highest BCUT2D eigenvalue weighted by Crippen LogP contribution is 1.94. The molecule has 62 valence electrons. The molecule has 0 rings (SSSR count).